The lowest BCUT2D eigenvalue weighted by Crippen LogP contribution is -2.34. The minimum atomic E-state index is -0.443. The summed E-state index contributed by atoms with van der Waals surface area (Å²) in [4.78, 5) is 19.7. The number of anilines is 2. The summed E-state index contributed by atoms with van der Waals surface area (Å²) in [6, 6.07) is 18.1. The molecule has 1 aliphatic heterocycles. The molecule has 0 bridgehead atoms. The topological polar surface area (TPSA) is 54.9 Å². The molecule has 0 spiro atoms. The molecule has 1 atom stereocenters. The molecule has 166 valence electrons. The standard InChI is InChI=1S/C25H26FN3O3/c1-3-28(24-7-5-6-14-27-24)19-10-13-23(22(26)16-19)32-21-11-8-18(9-12-21)15-20-17-31-25(30)29(20)4-2/h5-14,16,20H,3-4,15,17H2,1-2H3/t20-/m0/s1. The molecule has 3 aromatic rings. The third-order valence-electron chi connectivity index (χ3n) is 5.51. The van der Waals surface area contributed by atoms with E-state index >= 15 is 0 Å². The minimum Gasteiger partial charge on any atom is -0.454 e. The molecule has 1 saturated heterocycles. The number of aromatic nitrogens is 1. The Balaban J connectivity index is 1.43. The third kappa shape index (κ3) is 4.66. The highest BCUT2D eigenvalue weighted by molar-refractivity contribution is 5.70. The summed E-state index contributed by atoms with van der Waals surface area (Å²) in [6.45, 7) is 5.61. The van der Waals surface area contributed by atoms with Gasteiger partial charge in [-0.05, 0) is 62.2 Å². The molecular weight excluding hydrogens is 409 g/mol. The number of ether oxygens (including phenoxy) is 2. The number of cyclic esters (lactones) is 1. The number of likely N-dealkylation sites (N-methyl/N-ethyl adjacent to an activating group) is 1. The molecule has 2 heterocycles. The molecule has 32 heavy (non-hydrogen) atoms. The molecule has 0 N–H and O–H groups in total. The Morgan fingerprint density at radius 1 is 1.16 bits per heavy atom. The summed E-state index contributed by atoms with van der Waals surface area (Å²) in [5.74, 6) is 1.02. The predicted octanol–water partition coefficient (Wildman–Crippen LogP) is 5.55. The number of amides is 1. The zero-order chi connectivity index (χ0) is 22.5. The van der Waals surface area contributed by atoms with Gasteiger partial charge >= 0.3 is 6.09 Å². The molecule has 1 aliphatic rings. The second-order valence-corrected chi connectivity index (χ2v) is 7.51. The van der Waals surface area contributed by atoms with Crippen LogP contribution >= 0.6 is 0 Å². The number of nitrogens with zero attached hydrogens (tertiary/aromatic N) is 3. The van der Waals surface area contributed by atoms with Crippen molar-refractivity contribution in [1.82, 2.24) is 9.88 Å². The van der Waals surface area contributed by atoms with E-state index in [1.807, 2.05) is 67.3 Å². The van der Waals surface area contributed by atoms with Gasteiger partial charge in [0.15, 0.2) is 11.6 Å². The molecule has 0 radical (unpaired) electrons. The van der Waals surface area contributed by atoms with Crippen LogP contribution in [0.5, 0.6) is 11.5 Å². The Hall–Kier alpha value is -3.61. The van der Waals surface area contributed by atoms with Crippen molar-refractivity contribution in [3.63, 3.8) is 0 Å². The Kier molecular flexibility index (Phi) is 6.54. The zero-order valence-electron chi connectivity index (χ0n) is 18.2. The first-order valence-electron chi connectivity index (χ1n) is 10.8. The second kappa shape index (κ2) is 9.68. The van der Waals surface area contributed by atoms with E-state index in [0.29, 0.717) is 37.6 Å². The van der Waals surface area contributed by atoms with E-state index in [0.717, 1.165) is 11.4 Å². The summed E-state index contributed by atoms with van der Waals surface area (Å²) in [7, 11) is 0. The number of hydrogen-bond donors (Lipinski definition) is 0. The van der Waals surface area contributed by atoms with Gasteiger partial charge in [-0.2, -0.15) is 0 Å². The lowest BCUT2D eigenvalue weighted by atomic mass is 10.1. The molecule has 0 unspecified atom stereocenters. The Labute approximate surface area is 187 Å². The average molecular weight is 435 g/mol. The monoisotopic (exact) mass is 435 g/mol. The first kappa shape index (κ1) is 21.6. The summed E-state index contributed by atoms with van der Waals surface area (Å²) in [6.07, 6.45) is 2.15. The predicted molar refractivity (Wildman–Crippen MR) is 121 cm³/mol. The van der Waals surface area contributed by atoms with E-state index in [4.69, 9.17) is 9.47 Å². The van der Waals surface area contributed by atoms with E-state index < -0.39 is 5.82 Å². The summed E-state index contributed by atoms with van der Waals surface area (Å²) < 4.78 is 25.7. The van der Waals surface area contributed by atoms with Crippen LogP contribution in [-0.2, 0) is 11.2 Å². The summed E-state index contributed by atoms with van der Waals surface area (Å²) in [5.41, 5.74) is 1.77. The highest BCUT2D eigenvalue weighted by Crippen LogP contribution is 2.31. The maximum absolute atomic E-state index is 14.8. The van der Waals surface area contributed by atoms with E-state index in [2.05, 4.69) is 4.98 Å². The number of benzene rings is 2. The van der Waals surface area contributed by atoms with Gasteiger partial charge in [-0.25, -0.2) is 14.2 Å². The molecule has 1 aromatic heterocycles. The molecule has 1 amide bonds. The molecule has 0 aliphatic carbocycles. The number of carbonyl (C=O) groups excluding carboxylic acids is 1. The lowest BCUT2D eigenvalue weighted by molar-refractivity contribution is 0.159. The number of halogens is 1. The molecule has 1 fully saturated rings. The number of pyridine rings is 1. The van der Waals surface area contributed by atoms with Crippen LogP contribution in [0.4, 0.5) is 20.7 Å². The Bertz CT molecular complexity index is 1060. The van der Waals surface area contributed by atoms with Crippen LogP contribution in [0.15, 0.2) is 66.9 Å². The molecule has 6 nitrogen and oxygen atoms in total. The van der Waals surface area contributed by atoms with Crippen LogP contribution in [0.1, 0.15) is 19.4 Å². The van der Waals surface area contributed by atoms with Crippen molar-refractivity contribution in [2.24, 2.45) is 0 Å². The van der Waals surface area contributed by atoms with Crippen LogP contribution in [0.25, 0.3) is 0 Å². The van der Waals surface area contributed by atoms with Crippen molar-refractivity contribution in [2.45, 2.75) is 26.3 Å². The van der Waals surface area contributed by atoms with Crippen molar-refractivity contribution in [1.29, 1.82) is 0 Å². The molecule has 0 saturated carbocycles. The second-order valence-electron chi connectivity index (χ2n) is 7.51. The van der Waals surface area contributed by atoms with Gasteiger partial charge in [-0.15, -0.1) is 0 Å². The maximum Gasteiger partial charge on any atom is 0.410 e. The smallest absolute Gasteiger partial charge is 0.410 e. The quantitative estimate of drug-likeness (QED) is 0.464. The maximum atomic E-state index is 14.8. The van der Waals surface area contributed by atoms with Crippen LogP contribution < -0.4 is 9.64 Å². The number of rotatable bonds is 8. The molecule has 7 heteroatoms. The molecule has 4 rings (SSSR count). The average Bonchev–Trinajstić information content (AvgIpc) is 3.17. The molecule has 2 aromatic carbocycles. The summed E-state index contributed by atoms with van der Waals surface area (Å²) >= 11 is 0. The van der Waals surface area contributed by atoms with E-state index in [1.54, 1.807) is 17.2 Å². The van der Waals surface area contributed by atoms with Crippen LogP contribution in [0.2, 0.25) is 0 Å². The van der Waals surface area contributed by atoms with Gasteiger partial charge in [0, 0.05) is 31.0 Å². The fourth-order valence-corrected chi connectivity index (χ4v) is 3.87. The first-order chi connectivity index (χ1) is 15.6. The SMILES string of the molecule is CCN(c1ccc(Oc2ccc(C[C@H]3COC(=O)N3CC)cc2)c(F)c1)c1ccccn1. The van der Waals surface area contributed by atoms with Gasteiger partial charge in [0.25, 0.3) is 0 Å². The van der Waals surface area contributed by atoms with Crippen LogP contribution in [0, 0.1) is 5.82 Å². The zero-order valence-corrected chi connectivity index (χ0v) is 18.2. The van der Waals surface area contributed by atoms with E-state index in [1.165, 1.54) is 6.07 Å². The van der Waals surface area contributed by atoms with Gasteiger partial charge < -0.3 is 19.3 Å². The third-order valence-corrected chi connectivity index (χ3v) is 5.51. The van der Waals surface area contributed by atoms with Gasteiger partial charge in [-0.3, -0.25) is 0 Å². The van der Waals surface area contributed by atoms with Crippen molar-refractivity contribution in [3.05, 3.63) is 78.2 Å². The fourth-order valence-electron chi connectivity index (χ4n) is 3.87. The highest BCUT2D eigenvalue weighted by Gasteiger charge is 2.31. The number of hydrogen-bond acceptors (Lipinski definition) is 5. The molecular formula is C25H26FN3O3. The van der Waals surface area contributed by atoms with Crippen molar-refractivity contribution in [3.8, 4) is 11.5 Å². The van der Waals surface area contributed by atoms with Crippen molar-refractivity contribution >= 4 is 17.6 Å². The Morgan fingerprint density at radius 3 is 2.62 bits per heavy atom. The van der Waals surface area contributed by atoms with E-state index in [9.17, 15) is 9.18 Å². The summed E-state index contributed by atoms with van der Waals surface area (Å²) in [5, 5.41) is 0. The van der Waals surface area contributed by atoms with Gasteiger partial charge in [-0.1, -0.05) is 18.2 Å². The lowest BCUT2D eigenvalue weighted by Gasteiger charge is -2.22. The van der Waals surface area contributed by atoms with Crippen molar-refractivity contribution in [2.75, 3.05) is 24.6 Å². The van der Waals surface area contributed by atoms with Crippen LogP contribution in [-0.4, -0.2) is 41.7 Å². The first-order valence-corrected chi connectivity index (χ1v) is 10.8. The fraction of sp³-hybridized carbons (Fsp3) is 0.280. The normalized spacial score (nSPS) is 15.5. The highest BCUT2D eigenvalue weighted by atomic mass is 19.1. The van der Waals surface area contributed by atoms with Crippen LogP contribution in [0.3, 0.4) is 0 Å². The van der Waals surface area contributed by atoms with E-state index in [-0.39, 0.29) is 17.9 Å². The minimum absolute atomic E-state index is 0.0323. The van der Waals surface area contributed by atoms with Crippen molar-refractivity contribution < 1.29 is 18.7 Å². The van der Waals surface area contributed by atoms with Gasteiger partial charge in [0.1, 0.15) is 18.2 Å². The van der Waals surface area contributed by atoms with Gasteiger partial charge in [0.2, 0.25) is 0 Å². The largest absolute Gasteiger partial charge is 0.454 e. The van der Waals surface area contributed by atoms with Gasteiger partial charge in [0.05, 0.1) is 6.04 Å². The number of carbonyl (C=O) groups is 1. The Morgan fingerprint density at radius 2 is 1.97 bits per heavy atom.